The lowest BCUT2D eigenvalue weighted by Gasteiger charge is -2.11. The van der Waals surface area contributed by atoms with Crippen molar-refractivity contribution >= 4 is 10.4 Å². The van der Waals surface area contributed by atoms with Crippen molar-refractivity contribution in [1.29, 1.82) is 0 Å². The third-order valence-electron chi connectivity index (χ3n) is 3.23. The molecule has 0 aliphatic heterocycles. The molecule has 0 saturated carbocycles. The Morgan fingerprint density at radius 1 is 0.950 bits per heavy atom. The molecule has 0 heterocycles. The molecule has 122 valence electrons. The molecule has 0 saturated heterocycles. The number of nitrogens with one attached hydrogen (secondary N) is 1. The molecule has 0 rings (SSSR count). The van der Waals surface area contributed by atoms with E-state index >= 15 is 0 Å². The van der Waals surface area contributed by atoms with Crippen LogP contribution in [0.5, 0.6) is 0 Å². The average Bonchev–Trinajstić information content (AvgIpc) is 2.34. The zero-order valence-electron chi connectivity index (χ0n) is 12.9. The van der Waals surface area contributed by atoms with E-state index in [0.717, 1.165) is 12.8 Å². The van der Waals surface area contributed by atoms with E-state index in [2.05, 4.69) is 16.4 Å². The van der Waals surface area contributed by atoms with Gasteiger partial charge in [0, 0.05) is 0 Å². The van der Waals surface area contributed by atoms with Gasteiger partial charge in [0.2, 0.25) is 0 Å². The van der Waals surface area contributed by atoms with E-state index < -0.39 is 16.6 Å². The van der Waals surface area contributed by atoms with Gasteiger partial charge in [-0.1, -0.05) is 64.7 Å². The second kappa shape index (κ2) is 12.6. The van der Waals surface area contributed by atoms with Gasteiger partial charge < -0.3 is 0 Å². The molecule has 0 fully saturated rings. The van der Waals surface area contributed by atoms with E-state index in [0.29, 0.717) is 6.54 Å². The molecule has 0 radical (unpaired) electrons. The number of unbranched alkanes of at least 4 members (excludes halogenated alkanes) is 9. The fraction of sp³-hybridized carbons (Fsp3) is 1.00. The van der Waals surface area contributed by atoms with Crippen LogP contribution in [-0.4, -0.2) is 25.7 Å². The minimum absolute atomic E-state index is 0.677. The Labute approximate surface area is 124 Å². The van der Waals surface area contributed by atoms with Crippen LogP contribution in [0.15, 0.2) is 0 Å². The summed E-state index contributed by atoms with van der Waals surface area (Å²) >= 11 is 0. The van der Waals surface area contributed by atoms with Crippen LogP contribution in [0.2, 0.25) is 0 Å². The highest BCUT2D eigenvalue weighted by Crippen LogP contribution is 2.10. The third kappa shape index (κ3) is 15.9. The summed E-state index contributed by atoms with van der Waals surface area (Å²) in [7, 11) is -4.35. The third-order valence-corrected chi connectivity index (χ3v) is 3.76. The lowest BCUT2D eigenvalue weighted by molar-refractivity contribution is 0.165. The van der Waals surface area contributed by atoms with Gasteiger partial charge in [-0.2, -0.15) is 8.42 Å². The highest BCUT2D eigenvalue weighted by molar-refractivity contribution is 7.80. The smallest absolute Gasteiger partial charge is 0.291 e. The summed E-state index contributed by atoms with van der Waals surface area (Å²) in [5.41, 5.74) is 0. The maximum Gasteiger partial charge on any atom is 0.398 e. The number of hydrogen-bond acceptors (Lipinski definition) is 4. The maximum atomic E-state index is 10.4. The summed E-state index contributed by atoms with van der Waals surface area (Å²) < 4.78 is 33.7. The van der Waals surface area contributed by atoms with Crippen LogP contribution in [0.3, 0.4) is 0 Å². The van der Waals surface area contributed by atoms with E-state index in [1.165, 1.54) is 51.4 Å². The van der Waals surface area contributed by atoms with Gasteiger partial charge in [0.05, 0.1) is 0 Å². The Morgan fingerprint density at radius 3 is 1.85 bits per heavy atom. The fourth-order valence-electron chi connectivity index (χ4n) is 2.13. The van der Waals surface area contributed by atoms with E-state index in [9.17, 15) is 8.42 Å². The predicted octanol–water partition coefficient (Wildman–Crippen LogP) is 3.66. The summed E-state index contributed by atoms with van der Waals surface area (Å²) in [5, 5.41) is 2.90. The summed E-state index contributed by atoms with van der Waals surface area (Å²) in [5.74, 6) is 0. The number of rotatable bonds is 14. The molecule has 6 heteroatoms. The lowest BCUT2D eigenvalue weighted by Crippen LogP contribution is -2.31. The molecule has 0 aromatic rings. The van der Waals surface area contributed by atoms with Crippen molar-refractivity contribution in [3.63, 3.8) is 0 Å². The molecular formula is C14H31NO4S. The molecule has 1 unspecified atom stereocenters. The van der Waals surface area contributed by atoms with Gasteiger partial charge in [0.25, 0.3) is 0 Å². The molecule has 1 atom stereocenters. The van der Waals surface area contributed by atoms with Crippen molar-refractivity contribution < 1.29 is 17.2 Å². The van der Waals surface area contributed by atoms with Gasteiger partial charge in [0.1, 0.15) is 6.23 Å². The van der Waals surface area contributed by atoms with E-state index in [4.69, 9.17) is 4.55 Å². The van der Waals surface area contributed by atoms with Gasteiger partial charge in [-0.3, -0.25) is 9.87 Å². The predicted molar refractivity (Wildman–Crippen MR) is 81.9 cm³/mol. The minimum atomic E-state index is -4.35. The van der Waals surface area contributed by atoms with Crippen LogP contribution in [0.25, 0.3) is 0 Å². The Morgan fingerprint density at radius 2 is 1.40 bits per heavy atom. The standard InChI is InChI=1S/C14H31NO4S/c1-3-4-5-6-7-8-9-10-11-12-13-15-14(2)19-20(16,17)18/h14-15H,3-13H2,1-2H3,(H,16,17,18). The second-order valence-electron chi connectivity index (χ2n) is 5.30. The quantitative estimate of drug-likeness (QED) is 0.291. The van der Waals surface area contributed by atoms with Crippen molar-refractivity contribution in [3.05, 3.63) is 0 Å². The van der Waals surface area contributed by atoms with E-state index in [1.54, 1.807) is 6.92 Å². The molecule has 2 N–H and O–H groups in total. The van der Waals surface area contributed by atoms with Crippen LogP contribution in [0, 0.1) is 0 Å². The first-order valence-corrected chi connectivity index (χ1v) is 9.21. The highest BCUT2D eigenvalue weighted by atomic mass is 32.3. The van der Waals surface area contributed by atoms with Gasteiger partial charge >= 0.3 is 10.4 Å². The van der Waals surface area contributed by atoms with E-state index in [1.807, 2.05) is 0 Å². The molecule has 0 aliphatic rings. The Bertz CT molecular complexity index is 306. The topological polar surface area (TPSA) is 75.6 Å². The molecular weight excluding hydrogens is 278 g/mol. The average molecular weight is 309 g/mol. The first kappa shape index (κ1) is 19.8. The first-order chi connectivity index (χ1) is 9.45. The summed E-state index contributed by atoms with van der Waals surface area (Å²) in [6.07, 6.45) is 12.0. The maximum absolute atomic E-state index is 10.4. The van der Waals surface area contributed by atoms with Crippen LogP contribution < -0.4 is 5.32 Å². The molecule has 5 nitrogen and oxygen atoms in total. The van der Waals surface area contributed by atoms with E-state index in [-0.39, 0.29) is 0 Å². The number of hydrogen-bond donors (Lipinski definition) is 2. The van der Waals surface area contributed by atoms with Crippen LogP contribution in [0.1, 0.15) is 78.1 Å². The Kier molecular flexibility index (Phi) is 12.5. The molecule has 0 aliphatic carbocycles. The normalized spacial score (nSPS) is 13.6. The van der Waals surface area contributed by atoms with Crippen LogP contribution in [0.4, 0.5) is 0 Å². The first-order valence-electron chi connectivity index (χ1n) is 7.84. The zero-order chi connectivity index (χ0) is 15.3. The van der Waals surface area contributed by atoms with Crippen molar-refractivity contribution in [2.45, 2.75) is 84.3 Å². The summed E-state index contributed by atoms with van der Waals surface area (Å²) in [6.45, 7) is 4.49. The molecule has 0 aromatic carbocycles. The molecule has 0 spiro atoms. The fourth-order valence-corrected chi connectivity index (χ4v) is 2.57. The molecule has 20 heavy (non-hydrogen) atoms. The summed E-state index contributed by atoms with van der Waals surface area (Å²) in [4.78, 5) is 0. The van der Waals surface area contributed by atoms with Crippen molar-refractivity contribution in [3.8, 4) is 0 Å². The zero-order valence-corrected chi connectivity index (χ0v) is 13.8. The van der Waals surface area contributed by atoms with Gasteiger partial charge in [-0.15, -0.1) is 0 Å². The molecule has 0 amide bonds. The van der Waals surface area contributed by atoms with Crippen LogP contribution >= 0.6 is 0 Å². The van der Waals surface area contributed by atoms with Crippen molar-refractivity contribution in [1.82, 2.24) is 5.32 Å². The Balaban J connectivity index is 3.20. The lowest BCUT2D eigenvalue weighted by atomic mass is 10.1. The molecule has 0 bridgehead atoms. The largest absolute Gasteiger partial charge is 0.398 e. The SMILES string of the molecule is CCCCCCCCCCCCNC(C)OS(=O)(=O)O. The highest BCUT2D eigenvalue weighted by Gasteiger charge is 2.10. The second-order valence-corrected chi connectivity index (χ2v) is 6.35. The van der Waals surface area contributed by atoms with Crippen molar-refractivity contribution in [2.75, 3.05) is 6.54 Å². The molecule has 0 aromatic heterocycles. The summed E-state index contributed by atoms with van der Waals surface area (Å²) in [6, 6.07) is 0. The van der Waals surface area contributed by atoms with Gasteiger partial charge in [0.15, 0.2) is 0 Å². The van der Waals surface area contributed by atoms with Crippen molar-refractivity contribution in [2.24, 2.45) is 0 Å². The van der Waals surface area contributed by atoms with Crippen LogP contribution in [-0.2, 0) is 14.6 Å². The van der Waals surface area contributed by atoms with Gasteiger partial charge in [-0.25, -0.2) is 4.18 Å². The van der Waals surface area contributed by atoms with Gasteiger partial charge in [-0.05, 0) is 19.9 Å². The minimum Gasteiger partial charge on any atom is -0.291 e. The Hall–Kier alpha value is -0.170. The monoisotopic (exact) mass is 309 g/mol.